The van der Waals surface area contributed by atoms with Crippen LogP contribution in [0.25, 0.3) is 0 Å². The van der Waals surface area contributed by atoms with Crippen molar-refractivity contribution >= 4 is 31.9 Å². The monoisotopic (exact) mass is 320 g/mol. The van der Waals surface area contributed by atoms with Gasteiger partial charge in [-0.05, 0) is 30.7 Å². The molecule has 0 aromatic heterocycles. The average Bonchev–Trinajstić information content (AvgIpc) is 2.19. The third-order valence-electron chi connectivity index (χ3n) is 2.00. The fourth-order valence-electron chi connectivity index (χ4n) is 1.05. The highest BCUT2D eigenvalue weighted by Gasteiger charge is 2.02. The van der Waals surface area contributed by atoms with Crippen molar-refractivity contribution in [2.45, 2.75) is 19.5 Å². The smallest absolute Gasteiger partial charge is 0.0221 e. The van der Waals surface area contributed by atoms with Crippen LogP contribution < -0.4 is 11.1 Å². The summed E-state index contributed by atoms with van der Waals surface area (Å²) in [6, 6.07) is 6.50. The van der Waals surface area contributed by atoms with Crippen LogP contribution in [0.1, 0.15) is 12.5 Å². The van der Waals surface area contributed by atoms with Crippen LogP contribution >= 0.6 is 31.9 Å². The molecule has 4 heteroatoms. The molecule has 1 aromatic rings. The van der Waals surface area contributed by atoms with E-state index in [1.807, 2.05) is 12.1 Å². The quantitative estimate of drug-likeness (QED) is 0.894. The average molecular weight is 322 g/mol. The van der Waals surface area contributed by atoms with Gasteiger partial charge in [0.25, 0.3) is 0 Å². The minimum atomic E-state index is 0.348. The molecule has 14 heavy (non-hydrogen) atoms. The maximum absolute atomic E-state index is 5.52. The molecular formula is C10H14Br2N2. The van der Waals surface area contributed by atoms with Gasteiger partial charge in [0.15, 0.2) is 0 Å². The van der Waals surface area contributed by atoms with Crippen LogP contribution in [-0.4, -0.2) is 12.6 Å². The van der Waals surface area contributed by atoms with Crippen molar-refractivity contribution in [2.75, 3.05) is 6.54 Å². The molecule has 1 aromatic carbocycles. The van der Waals surface area contributed by atoms with Crippen LogP contribution in [-0.2, 0) is 6.54 Å². The molecule has 78 valence electrons. The first-order chi connectivity index (χ1) is 6.63. The second kappa shape index (κ2) is 5.85. The number of rotatable bonds is 4. The zero-order chi connectivity index (χ0) is 10.6. The molecule has 0 aliphatic heterocycles. The van der Waals surface area contributed by atoms with Crippen molar-refractivity contribution in [1.82, 2.24) is 5.32 Å². The lowest BCUT2D eigenvalue weighted by molar-refractivity contribution is 0.555. The summed E-state index contributed by atoms with van der Waals surface area (Å²) < 4.78 is 2.22. The van der Waals surface area contributed by atoms with Crippen molar-refractivity contribution in [1.29, 1.82) is 0 Å². The summed E-state index contributed by atoms with van der Waals surface area (Å²) in [7, 11) is 0. The van der Waals surface area contributed by atoms with Gasteiger partial charge in [-0.2, -0.15) is 0 Å². The van der Waals surface area contributed by atoms with E-state index >= 15 is 0 Å². The van der Waals surface area contributed by atoms with Crippen LogP contribution in [0.5, 0.6) is 0 Å². The van der Waals surface area contributed by atoms with Gasteiger partial charge in [0.05, 0.1) is 0 Å². The van der Waals surface area contributed by atoms with E-state index in [-0.39, 0.29) is 0 Å². The van der Waals surface area contributed by atoms with Crippen LogP contribution in [0.15, 0.2) is 27.1 Å². The second-order valence-electron chi connectivity index (χ2n) is 3.25. The summed E-state index contributed by atoms with van der Waals surface area (Å²) in [5.41, 5.74) is 6.76. The van der Waals surface area contributed by atoms with E-state index in [4.69, 9.17) is 5.73 Å². The lowest BCUT2D eigenvalue weighted by Crippen LogP contribution is -2.32. The Morgan fingerprint density at radius 1 is 1.43 bits per heavy atom. The number of halogens is 2. The van der Waals surface area contributed by atoms with Crippen molar-refractivity contribution in [3.05, 3.63) is 32.7 Å². The Kier molecular flexibility index (Phi) is 5.09. The lowest BCUT2D eigenvalue weighted by Gasteiger charge is -2.12. The Bertz CT molecular complexity index is 302. The van der Waals surface area contributed by atoms with Gasteiger partial charge in [0, 0.05) is 28.1 Å². The van der Waals surface area contributed by atoms with Crippen molar-refractivity contribution in [3.8, 4) is 0 Å². The first-order valence-electron chi connectivity index (χ1n) is 4.51. The van der Waals surface area contributed by atoms with E-state index in [2.05, 4.69) is 50.2 Å². The van der Waals surface area contributed by atoms with Crippen LogP contribution in [0.3, 0.4) is 0 Å². The van der Waals surface area contributed by atoms with Gasteiger partial charge in [-0.3, -0.25) is 0 Å². The Hall–Kier alpha value is 0.1000. The van der Waals surface area contributed by atoms with E-state index in [1.54, 1.807) is 0 Å². The van der Waals surface area contributed by atoms with E-state index < -0.39 is 0 Å². The molecule has 1 atom stereocenters. The molecule has 0 saturated carbocycles. The number of nitrogens with one attached hydrogen (secondary N) is 1. The van der Waals surface area contributed by atoms with Crippen molar-refractivity contribution < 1.29 is 0 Å². The Morgan fingerprint density at radius 3 is 2.79 bits per heavy atom. The maximum Gasteiger partial charge on any atom is 0.0221 e. The lowest BCUT2D eigenvalue weighted by atomic mass is 10.2. The molecule has 2 nitrogen and oxygen atoms in total. The van der Waals surface area contributed by atoms with Gasteiger partial charge in [-0.1, -0.05) is 31.9 Å². The molecule has 1 rings (SSSR count). The summed E-state index contributed by atoms with van der Waals surface area (Å²) >= 11 is 6.96. The highest BCUT2D eigenvalue weighted by molar-refractivity contribution is 9.11. The van der Waals surface area contributed by atoms with E-state index in [0.29, 0.717) is 12.6 Å². The van der Waals surface area contributed by atoms with Gasteiger partial charge in [-0.25, -0.2) is 0 Å². The van der Waals surface area contributed by atoms with Crippen LogP contribution in [0, 0.1) is 0 Å². The first kappa shape index (κ1) is 12.2. The molecule has 0 fully saturated rings. The summed E-state index contributed by atoms with van der Waals surface area (Å²) in [6.07, 6.45) is 0. The fraction of sp³-hybridized carbons (Fsp3) is 0.400. The van der Waals surface area contributed by atoms with Crippen molar-refractivity contribution in [2.24, 2.45) is 5.73 Å². The maximum atomic E-state index is 5.52. The zero-order valence-electron chi connectivity index (χ0n) is 8.06. The van der Waals surface area contributed by atoms with Gasteiger partial charge >= 0.3 is 0 Å². The predicted octanol–water partition coefficient (Wildman–Crippen LogP) is 2.65. The minimum Gasteiger partial charge on any atom is -0.329 e. The summed E-state index contributed by atoms with van der Waals surface area (Å²) in [5, 5.41) is 3.34. The second-order valence-corrected chi connectivity index (χ2v) is 5.02. The summed E-state index contributed by atoms with van der Waals surface area (Å²) in [4.78, 5) is 0. The molecular weight excluding hydrogens is 308 g/mol. The third kappa shape index (κ3) is 3.69. The van der Waals surface area contributed by atoms with Crippen LogP contribution in [0.2, 0.25) is 0 Å². The van der Waals surface area contributed by atoms with Crippen molar-refractivity contribution in [3.63, 3.8) is 0 Å². The highest BCUT2D eigenvalue weighted by atomic mass is 79.9. The Balaban J connectivity index is 2.62. The minimum absolute atomic E-state index is 0.348. The predicted molar refractivity (Wildman–Crippen MR) is 67.2 cm³/mol. The number of nitrogens with two attached hydrogens (primary N) is 1. The molecule has 0 spiro atoms. The molecule has 0 aliphatic carbocycles. The van der Waals surface area contributed by atoms with E-state index in [0.717, 1.165) is 15.5 Å². The Labute approximate surface area is 102 Å². The normalized spacial score (nSPS) is 12.9. The standard InChI is InChI=1S/C10H14Br2N2/c1-7(5-13)14-6-8-4-9(11)2-3-10(8)12/h2-4,7,14H,5-6,13H2,1H3/t7-/m0/s1. The fourth-order valence-corrected chi connectivity index (χ4v) is 1.84. The topological polar surface area (TPSA) is 38.0 Å². The Morgan fingerprint density at radius 2 is 2.14 bits per heavy atom. The van der Waals surface area contributed by atoms with E-state index in [9.17, 15) is 0 Å². The van der Waals surface area contributed by atoms with Gasteiger partial charge in [0.2, 0.25) is 0 Å². The third-order valence-corrected chi connectivity index (χ3v) is 3.27. The summed E-state index contributed by atoms with van der Waals surface area (Å²) in [5.74, 6) is 0. The first-order valence-corrected chi connectivity index (χ1v) is 6.09. The molecule has 3 N–H and O–H groups in total. The van der Waals surface area contributed by atoms with Crippen LogP contribution in [0.4, 0.5) is 0 Å². The molecule has 0 aliphatic rings. The molecule has 0 heterocycles. The molecule has 0 bridgehead atoms. The van der Waals surface area contributed by atoms with Gasteiger partial charge in [0.1, 0.15) is 0 Å². The number of benzene rings is 1. The molecule has 0 saturated heterocycles. The van der Waals surface area contributed by atoms with E-state index in [1.165, 1.54) is 5.56 Å². The van der Waals surface area contributed by atoms with Gasteiger partial charge < -0.3 is 11.1 Å². The SMILES string of the molecule is C[C@@H](CN)NCc1cc(Br)ccc1Br. The van der Waals surface area contributed by atoms with Gasteiger partial charge in [-0.15, -0.1) is 0 Å². The zero-order valence-corrected chi connectivity index (χ0v) is 11.2. The highest BCUT2D eigenvalue weighted by Crippen LogP contribution is 2.21. The summed E-state index contributed by atoms with van der Waals surface area (Å²) in [6.45, 7) is 3.57. The number of hydrogen-bond donors (Lipinski definition) is 2. The molecule has 0 unspecified atom stereocenters. The molecule has 0 amide bonds. The largest absolute Gasteiger partial charge is 0.329 e. The number of hydrogen-bond acceptors (Lipinski definition) is 2. The molecule has 0 radical (unpaired) electrons.